The number of likely N-dealkylation sites (tertiary alicyclic amines) is 1. The fourth-order valence-corrected chi connectivity index (χ4v) is 4.73. The first-order valence-electron chi connectivity index (χ1n) is 13.5. The average Bonchev–Trinajstić information content (AvgIpc) is 2.93. The van der Waals surface area contributed by atoms with Crippen molar-refractivity contribution < 1.29 is 24.3 Å². The molecule has 1 aliphatic heterocycles. The minimum atomic E-state index is -0.955. The highest BCUT2D eigenvalue weighted by Crippen LogP contribution is 2.19. The van der Waals surface area contributed by atoms with Crippen LogP contribution in [0, 0.1) is 5.92 Å². The zero-order valence-electron chi connectivity index (χ0n) is 22.6. The molecular formula is C31H35N5O5. The molecule has 0 unspecified atom stereocenters. The number of nitrogens with two attached hydrogens (primary N) is 2. The van der Waals surface area contributed by atoms with Gasteiger partial charge < -0.3 is 32.1 Å². The molecule has 10 nitrogen and oxygen atoms in total. The molecule has 0 saturated carbocycles. The van der Waals surface area contributed by atoms with Crippen molar-refractivity contribution in [1.29, 1.82) is 0 Å². The topological polar surface area (TPSA) is 168 Å². The van der Waals surface area contributed by atoms with E-state index in [9.17, 15) is 24.3 Å². The largest absolute Gasteiger partial charge is 0.508 e. The molecule has 7 N–H and O–H groups in total. The summed E-state index contributed by atoms with van der Waals surface area (Å²) in [5.74, 6) is -2.20. The monoisotopic (exact) mass is 557 g/mol. The molecule has 1 saturated heterocycles. The predicted molar refractivity (Wildman–Crippen MR) is 153 cm³/mol. The van der Waals surface area contributed by atoms with Crippen molar-refractivity contribution in [2.75, 3.05) is 13.1 Å². The number of hydrogen-bond donors (Lipinski definition) is 5. The maximum Gasteiger partial charge on any atom is 0.243 e. The summed E-state index contributed by atoms with van der Waals surface area (Å²) >= 11 is 0. The summed E-state index contributed by atoms with van der Waals surface area (Å²) in [7, 11) is 0. The summed E-state index contributed by atoms with van der Waals surface area (Å²) in [6.07, 6.45) is 0.732. The van der Waals surface area contributed by atoms with Crippen LogP contribution in [0.3, 0.4) is 0 Å². The second-order valence-corrected chi connectivity index (χ2v) is 10.3. The van der Waals surface area contributed by atoms with E-state index < -0.39 is 35.9 Å². The maximum absolute atomic E-state index is 13.3. The van der Waals surface area contributed by atoms with E-state index in [4.69, 9.17) is 11.5 Å². The van der Waals surface area contributed by atoms with Crippen LogP contribution in [0.25, 0.3) is 0 Å². The summed E-state index contributed by atoms with van der Waals surface area (Å²) in [5.41, 5.74) is 14.2. The van der Waals surface area contributed by atoms with Crippen LogP contribution in [0.4, 0.5) is 0 Å². The number of phenols is 1. The summed E-state index contributed by atoms with van der Waals surface area (Å²) in [5, 5.41) is 15.0. The molecule has 0 aliphatic carbocycles. The SMILES string of the molecule is NC(=O)[C@H](Cc1ccccc1)NC(=O)[C@H](Cc1ccccc1)NC(=O)C1CN(C(=O)[C@@H](N)Cc2ccc(O)cc2)C1. The van der Waals surface area contributed by atoms with Gasteiger partial charge in [-0.3, -0.25) is 19.2 Å². The van der Waals surface area contributed by atoms with Crippen molar-refractivity contribution in [3.8, 4) is 5.75 Å². The van der Waals surface area contributed by atoms with Gasteiger partial charge in [-0.15, -0.1) is 0 Å². The number of nitrogens with one attached hydrogen (secondary N) is 2. The lowest BCUT2D eigenvalue weighted by molar-refractivity contribution is -0.145. The van der Waals surface area contributed by atoms with Crippen molar-refractivity contribution in [2.24, 2.45) is 17.4 Å². The molecule has 214 valence electrons. The molecule has 1 heterocycles. The molecule has 3 aromatic rings. The van der Waals surface area contributed by atoms with Gasteiger partial charge in [0.15, 0.2) is 0 Å². The highest BCUT2D eigenvalue weighted by Gasteiger charge is 2.39. The van der Waals surface area contributed by atoms with Crippen molar-refractivity contribution in [2.45, 2.75) is 37.4 Å². The molecule has 1 fully saturated rings. The minimum Gasteiger partial charge on any atom is -0.508 e. The summed E-state index contributed by atoms with van der Waals surface area (Å²) in [6.45, 7) is 0.372. The Labute approximate surface area is 238 Å². The fourth-order valence-electron chi connectivity index (χ4n) is 4.73. The van der Waals surface area contributed by atoms with Gasteiger partial charge in [-0.05, 0) is 35.2 Å². The van der Waals surface area contributed by atoms with Crippen molar-refractivity contribution in [3.05, 3.63) is 102 Å². The number of hydrogen-bond acceptors (Lipinski definition) is 6. The van der Waals surface area contributed by atoms with E-state index in [0.29, 0.717) is 6.42 Å². The van der Waals surface area contributed by atoms with E-state index in [-0.39, 0.29) is 43.5 Å². The first-order valence-corrected chi connectivity index (χ1v) is 13.5. The van der Waals surface area contributed by atoms with Gasteiger partial charge in [0.25, 0.3) is 0 Å². The maximum atomic E-state index is 13.3. The molecule has 0 aromatic heterocycles. The lowest BCUT2D eigenvalue weighted by atomic mass is 9.95. The third-order valence-corrected chi connectivity index (χ3v) is 7.13. The van der Waals surface area contributed by atoms with Crippen molar-refractivity contribution >= 4 is 23.6 Å². The molecule has 4 amide bonds. The third kappa shape index (κ3) is 8.15. The first kappa shape index (κ1) is 29.3. The molecule has 4 rings (SSSR count). The number of amides is 4. The van der Waals surface area contributed by atoms with Gasteiger partial charge in [-0.2, -0.15) is 0 Å². The number of rotatable bonds is 12. The van der Waals surface area contributed by atoms with Gasteiger partial charge in [0.1, 0.15) is 17.8 Å². The number of carbonyl (C=O) groups is 4. The highest BCUT2D eigenvalue weighted by molar-refractivity contribution is 5.93. The second kappa shape index (κ2) is 13.6. The molecule has 0 spiro atoms. The van der Waals surface area contributed by atoms with E-state index in [1.807, 2.05) is 60.7 Å². The zero-order chi connectivity index (χ0) is 29.4. The summed E-state index contributed by atoms with van der Waals surface area (Å²) in [4.78, 5) is 52.9. The average molecular weight is 558 g/mol. The Morgan fingerprint density at radius 2 is 1.27 bits per heavy atom. The molecule has 0 radical (unpaired) electrons. The van der Waals surface area contributed by atoms with Crippen LogP contribution in [-0.4, -0.2) is 64.9 Å². The standard InChI is InChI=1S/C31H35N5O5/c32-25(15-22-11-13-24(37)14-12-22)31(41)36-18-23(19-36)29(39)35-27(17-21-9-5-2-6-10-21)30(40)34-26(28(33)38)16-20-7-3-1-4-8-20/h1-14,23,25-27,37H,15-19,32H2,(H2,33,38)(H,34,40)(H,35,39)/t25-,26-,27-/m0/s1. The molecule has 10 heteroatoms. The van der Waals surface area contributed by atoms with Gasteiger partial charge in [-0.25, -0.2) is 0 Å². The predicted octanol–water partition coefficient (Wildman–Crippen LogP) is 0.661. The highest BCUT2D eigenvalue weighted by atomic mass is 16.3. The Hall–Kier alpha value is -4.70. The van der Waals surface area contributed by atoms with E-state index in [1.54, 1.807) is 12.1 Å². The lowest BCUT2D eigenvalue weighted by Crippen LogP contribution is -2.62. The molecule has 3 atom stereocenters. The number of primary amides is 1. The molecule has 41 heavy (non-hydrogen) atoms. The second-order valence-electron chi connectivity index (χ2n) is 10.3. The number of aromatic hydroxyl groups is 1. The number of nitrogens with zero attached hydrogens (tertiary/aromatic N) is 1. The molecular weight excluding hydrogens is 522 g/mol. The Morgan fingerprint density at radius 3 is 1.80 bits per heavy atom. The zero-order valence-corrected chi connectivity index (χ0v) is 22.6. The third-order valence-electron chi connectivity index (χ3n) is 7.13. The van der Waals surface area contributed by atoms with Crippen LogP contribution < -0.4 is 22.1 Å². The van der Waals surface area contributed by atoms with E-state index in [2.05, 4.69) is 10.6 Å². The Morgan fingerprint density at radius 1 is 0.756 bits per heavy atom. The Kier molecular flexibility index (Phi) is 9.70. The van der Waals surface area contributed by atoms with E-state index in [0.717, 1.165) is 16.7 Å². The summed E-state index contributed by atoms with van der Waals surface area (Å²) < 4.78 is 0. The molecule has 3 aromatic carbocycles. The van der Waals surface area contributed by atoms with Crippen LogP contribution in [-0.2, 0) is 38.4 Å². The van der Waals surface area contributed by atoms with Crippen LogP contribution in [0.5, 0.6) is 5.75 Å². The fraction of sp³-hybridized carbons (Fsp3) is 0.290. The van der Waals surface area contributed by atoms with E-state index in [1.165, 1.54) is 17.0 Å². The quantitative estimate of drug-likeness (QED) is 0.219. The number of benzene rings is 3. The van der Waals surface area contributed by atoms with Gasteiger partial charge in [0.2, 0.25) is 23.6 Å². The number of carbonyl (C=O) groups excluding carboxylic acids is 4. The van der Waals surface area contributed by atoms with Gasteiger partial charge in [0, 0.05) is 25.9 Å². The van der Waals surface area contributed by atoms with Crippen molar-refractivity contribution in [3.63, 3.8) is 0 Å². The van der Waals surface area contributed by atoms with Crippen LogP contribution in [0.1, 0.15) is 16.7 Å². The Balaban J connectivity index is 1.36. The lowest BCUT2D eigenvalue weighted by Gasteiger charge is -2.40. The summed E-state index contributed by atoms with van der Waals surface area (Å²) in [6, 6.07) is 22.2. The normalized spacial score (nSPS) is 15.2. The van der Waals surface area contributed by atoms with Gasteiger partial charge in [-0.1, -0.05) is 72.8 Å². The molecule has 1 aliphatic rings. The van der Waals surface area contributed by atoms with E-state index >= 15 is 0 Å². The minimum absolute atomic E-state index is 0.130. The first-order chi connectivity index (χ1) is 19.7. The van der Waals surface area contributed by atoms with Crippen LogP contribution >= 0.6 is 0 Å². The smallest absolute Gasteiger partial charge is 0.243 e. The number of phenolic OH excluding ortho intramolecular Hbond substituents is 1. The van der Waals surface area contributed by atoms with Gasteiger partial charge >= 0.3 is 0 Å². The van der Waals surface area contributed by atoms with Gasteiger partial charge in [0.05, 0.1) is 12.0 Å². The van der Waals surface area contributed by atoms with Crippen molar-refractivity contribution in [1.82, 2.24) is 15.5 Å². The molecule has 0 bridgehead atoms. The van der Waals surface area contributed by atoms with Crippen LogP contribution in [0.2, 0.25) is 0 Å². The Bertz CT molecular complexity index is 1340. The van der Waals surface area contributed by atoms with Crippen LogP contribution in [0.15, 0.2) is 84.9 Å².